The molecule has 0 saturated heterocycles. The number of hydrogen-bond donors (Lipinski definition) is 2. The molecule has 0 spiro atoms. The Morgan fingerprint density at radius 3 is 1.93 bits per heavy atom. The summed E-state index contributed by atoms with van der Waals surface area (Å²) >= 11 is 0. The summed E-state index contributed by atoms with van der Waals surface area (Å²) in [5.41, 5.74) is 4.21. The van der Waals surface area contributed by atoms with Crippen molar-refractivity contribution in [2.24, 2.45) is 0 Å². The van der Waals surface area contributed by atoms with E-state index in [9.17, 15) is 0 Å². The van der Waals surface area contributed by atoms with Crippen molar-refractivity contribution in [3.8, 4) is 0 Å². The highest BCUT2D eigenvalue weighted by atomic mass is 15.3. The van der Waals surface area contributed by atoms with Crippen LogP contribution in [0.1, 0.15) is 13.8 Å². The van der Waals surface area contributed by atoms with Gasteiger partial charge in [0.1, 0.15) is 0 Å². The normalized spacial score (nSPS) is 10.4. The lowest BCUT2D eigenvalue weighted by molar-refractivity contribution is 0.866. The van der Waals surface area contributed by atoms with Crippen LogP contribution in [0.5, 0.6) is 0 Å². The molecule has 146 valence electrons. The van der Waals surface area contributed by atoms with E-state index in [4.69, 9.17) is 0 Å². The van der Waals surface area contributed by atoms with E-state index in [1.165, 1.54) is 5.69 Å². The molecule has 1 heterocycles. The van der Waals surface area contributed by atoms with Crippen LogP contribution in [0.2, 0.25) is 0 Å². The van der Waals surface area contributed by atoms with Gasteiger partial charge in [-0.3, -0.25) is 0 Å². The third-order valence-corrected chi connectivity index (χ3v) is 4.47. The molecule has 0 radical (unpaired) electrons. The zero-order valence-corrected chi connectivity index (χ0v) is 16.8. The summed E-state index contributed by atoms with van der Waals surface area (Å²) in [4.78, 5) is 8.85. The van der Waals surface area contributed by atoms with Crippen LogP contribution in [0, 0.1) is 0 Å². The van der Waals surface area contributed by atoms with Crippen molar-refractivity contribution in [3.63, 3.8) is 0 Å². The second-order valence-electron chi connectivity index (χ2n) is 6.58. The lowest BCUT2D eigenvalue weighted by Gasteiger charge is -2.21. The molecule has 0 bridgehead atoms. The molecule has 0 atom stereocenters. The number of rotatable bonds is 8. The highest BCUT2D eigenvalue weighted by molar-refractivity contribution is 5.62. The van der Waals surface area contributed by atoms with E-state index in [-0.39, 0.29) is 0 Å². The molecule has 0 unspecified atom stereocenters. The maximum atomic E-state index is 4.49. The molecule has 7 nitrogen and oxygen atoms in total. The van der Waals surface area contributed by atoms with Gasteiger partial charge in [-0.05, 0) is 62.4 Å². The first kappa shape index (κ1) is 19.4. The van der Waals surface area contributed by atoms with Crippen molar-refractivity contribution in [2.45, 2.75) is 13.8 Å². The molecule has 0 aliphatic rings. The van der Waals surface area contributed by atoms with E-state index in [1.807, 2.05) is 50.5 Å². The number of hydrogen-bond acceptors (Lipinski definition) is 7. The summed E-state index contributed by atoms with van der Waals surface area (Å²) in [5.74, 6) is 1.08. The largest absolute Gasteiger partial charge is 0.378 e. The topological polar surface area (TPSA) is 69.2 Å². The molecular formula is C21H27N7. The first-order valence-electron chi connectivity index (χ1n) is 9.45. The number of anilines is 6. The average molecular weight is 377 g/mol. The van der Waals surface area contributed by atoms with Crippen LogP contribution in [-0.2, 0) is 0 Å². The highest BCUT2D eigenvalue weighted by Gasteiger charge is 2.05. The summed E-state index contributed by atoms with van der Waals surface area (Å²) in [7, 11) is 4.03. The molecular weight excluding hydrogens is 350 g/mol. The van der Waals surface area contributed by atoms with Crippen LogP contribution in [0.3, 0.4) is 0 Å². The minimum Gasteiger partial charge on any atom is -0.378 e. The molecule has 0 fully saturated rings. The first-order valence-corrected chi connectivity index (χ1v) is 9.45. The van der Waals surface area contributed by atoms with Crippen LogP contribution < -0.4 is 20.4 Å². The molecule has 0 aliphatic carbocycles. The third-order valence-electron chi connectivity index (χ3n) is 4.47. The summed E-state index contributed by atoms with van der Waals surface area (Å²) < 4.78 is 0. The molecule has 0 saturated carbocycles. The molecule has 0 amide bonds. The van der Waals surface area contributed by atoms with E-state index >= 15 is 0 Å². The zero-order valence-electron chi connectivity index (χ0n) is 16.8. The maximum absolute atomic E-state index is 4.49. The second kappa shape index (κ2) is 9.03. The van der Waals surface area contributed by atoms with Crippen molar-refractivity contribution < 1.29 is 0 Å². The van der Waals surface area contributed by atoms with Gasteiger partial charge in [0.25, 0.3) is 0 Å². The standard InChI is InChI=1S/C21H27N7/c1-5-28(6-2)19-13-9-16(10-14-19)23-20-15-22-26-21(25-20)24-17-7-11-18(12-8-17)27(3)4/h7-15H,5-6H2,1-4H3,(H2,23,24,25,26). The Hall–Kier alpha value is -3.35. The van der Waals surface area contributed by atoms with Crippen LogP contribution in [0.15, 0.2) is 54.7 Å². The van der Waals surface area contributed by atoms with Crippen LogP contribution in [-0.4, -0.2) is 42.4 Å². The monoisotopic (exact) mass is 377 g/mol. The number of nitrogens with zero attached hydrogens (tertiary/aromatic N) is 5. The Morgan fingerprint density at radius 2 is 1.36 bits per heavy atom. The quantitative estimate of drug-likeness (QED) is 0.607. The lowest BCUT2D eigenvalue weighted by Crippen LogP contribution is -2.21. The molecule has 28 heavy (non-hydrogen) atoms. The van der Waals surface area contributed by atoms with Crippen molar-refractivity contribution in [3.05, 3.63) is 54.7 Å². The summed E-state index contributed by atoms with van der Waals surface area (Å²) in [6, 6.07) is 16.4. The Morgan fingerprint density at radius 1 is 0.786 bits per heavy atom. The SMILES string of the molecule is CCN(CC)c1ccc(Nc2cnnc(Nc3ccc(N(C)C)cc3)n2)cc1. The second-order valence-corrected chi connectivity index (χ2v) is 6.58. The smallest absolute Gasteiger partial charge is 0.249 e. The van der Waals surface area contributed by atoms with Gasteiger partial charge in [-0.1, -0.05) is 0 Å². The van der Waals surface area contributed by atoms with Gasteiger partial charge in [-0.15, -0.1) is 5.10 Å². The summed E-state index contributed by atoms with van der Waals surface area (Å²) in [6.07, 6.45) is 1.61. The zero-order chi connectivity index (χ0) is 19.9. The Balaban J connectivity index is 1.67. The van der Waals surface area contributed by atoms with Crippen molar-refractivity contribution in [1.29, 1.82) is 0 Å². The third kappa shape index (κ3) is 4.88. The number of benzene rings is 2. The Kier molecular flexibility index (Phi) is 6.26. The van der Waals surface area contributed by atoms with Gasteiger partial charge < -0.3 is 20.4 Å². The van der Waals surface area contributed by atoms with Crippen LogP contribution >= 0.6 is 0 Å². The van der Waals surface area contributed by atoms with E-state index in [0.717, 1.165) is 30.2 Å². The van der Waals surface area contributed by atoms with Gasteiger partial charge in [0.2, 0.25) is 5.95 Å². The molecule has 3 aromatic rings. The van der Waals surface area contributed by atoms with E-state index < -0.39 is 0 Å². The van der Waals surface area contributed by atoms with Gasteiger partial charge in [0.05, 0.1) is 6.20 Å². The van der Waals surface area contributed by atoms with Crippen molar-refractivity contribution in [2.75, 3.05) is 47.6 Å². The molecule has 1 aromatic heterocycles. The van der Waals surface area contributed by atoms with Gasteiger partial charge in [-0.2, -0.15) is 10.1 Å². The fraction of sp³-hybridized carbons (Fsp3) is 0.286. The molecule has 2 aromatic carbocycles. The average Bonchev–Trinajstić information content (AvgIpc) is 2.71. The van der Waals surface area contributed by atoms with Crippen molar-refractivity contribution >= 4 is 34.5 Å². The predicted octanol–water partition coefficient (Wildman–Crippen LogP) is 4.27. The summed E-state index contributed by atoms with van der Waals surface area (Å²) in [5, 5.41) is 14.6. The Labute approximate surface area is 166 Å². The lowest BCUT2D eigenvalue weighted by atomic mass is 10.2. The van der Waals surface area contributed by atoms with Crippen molar-refractivity contribution in [1.82, 2.24) is 15.2 Å². The number of nitrogens with one attached hydrogen (secondary N) is 2. The van der Waals surface area contributed by atoms with Gasteiger partial charge in [-0.25, -0.2) is 0 Å². The summed E-state index contributed by atoms with van der Waals surface area (Å²) in [6.45, 7) is 6.29. The molecule has 3 rings (SSSR count). The van der Waals surface area contributed by atoms with Crippen LogP contribution in [0.25, 0.3) is 0 Å². The Bertz CT molecular complexity index is 872. The predicted molar refractivity (Wildman–Crippen MR) is 117 cm³/mol. The van der Waals surface area contributed by atoms with E-state index in [2.05, 4.69) is 61.6 Å². The van der Waals surface area contributed by atoms with Crippen LogP contribution in [0.4, 0.5) is 34.5 Å². The van der Waals surface area contributed by atoms with E-state index in [0.29, 0.717) is 11.8 Å². The van der Waals surface area contributed by atoms with Gasteiger partial charge in [0.15, 0.2) is 5.82 Å². The molecule has 0 aliphatic heterocycles. The molecule has 7 heteroatoms. The minimum absolute atomic E-state index is 0.447. The van der Waals surface area contributed by atoms with E-state index in [1.54, 1.807) is 6.20 Å². The fourth-order valence-corrected chi connectivity index (χ4v) is 2.88. The minimum atomic E-state index is 0.447. The number of aromatic nitrogens is 3. The van der Waals surface area contributed by atoms with Gasteiger partial charge >= 0.3 is 0 Å². The maximum Gasteiger partial charge on any atom is 0.249 e. The highest BCUT2D eigenvalue weighted by Crippen LogP contribution is 2.21. The van der Waals surface area contributed by atoms with Gasteiger partial charge in [0, 0.05) is 49.9 Å². The first-order chi connectivity index (χ1) is 13.6. The fourth-order valence-electron chi connectivity index (χ4n) is 2.88. The molecule has 2 N–H and O–H groups in total.